The highest BCUT2D eigenvalue weighted by Gasteiger charge is 2.39. The Bertz CT molecular complexity index is 396. The van der Waals surface area contributed by atoms with Crippen molar-refractivity contribution in [2.24, 2.45) is 5.41 Å². The van der Waals surface area contributed by atoms with Crippen LogP contribution in [0.5, 0.6) is 5.75 Å². The first-order chi connectivity index (χ1) is 9.03. The second-order valence-corrected chi connectivity index (χ2v) is 6.39. The van der Waals surface area contributed by atoms with E-state index >= 15 is 0 Å². The monoisotopic (exact) mass is 261 g/mol. The van der Waals surface area contributed by atoms with E-state index < -0.39 is 0 Å². The molecular weight excluding hydrogens is 234 g/mol. The van der Waals surface area contributed by atoms with Crippen LogP contribution in [0.2, 0.25) is 0 Å². The first kappa shape index (κ1) is 14.4. The highest BCUT2D eigenvalue weighted by Crippen LogP contribution is 2.37. The van der Waals surface area contributed by atoms with Crippen molar-refractivity contribution in [3.05, 3.63) is 29.8 Å². The lowest BCUT2D eigenvalue weighted by Crippen LogP contribution is -2.54. The number of hydrogen-bond donors (Lipinski definition) is 1. The van der Waals surface area contributed by atoms with Crippen LogP contribution in [0.25, 0.3) is 0 Å². The maximum Gasteiger partial charge on any atom is 0.119 e. The Morgan fingerprint density at radius 2 is 1.95 bits per heavy atom. The molecule has 1 aliphatic carbocycles. The Kier molecular flexibility index (Phi) is 4.51. The zero-order chi connectivity index (χ0) is 13.9. The summed E-state index contributed by atoms with van der Waals surface area (Å²) in [5.74, 6) is 0.996. The largest absolute Gasteiger partial charge is 0.489 e. The molecule has 0 aromatic heterocycles. The zero-order valence-electron chi connectivity index (χ0n) is 12.7. The van der Waals surface area contributed by atoms with Crippen molar-refractivity contribution in [2.45, 2.75) is 59.1 Å². The van der Waals surface area contributed by atoms with Gasteiger partial charge in [0.15, 0.2) is 0 Å². The second-order valence-electron chi connectivity index (χ2n) is 6.39. The van der Waals surface area contributed by atoms with Gasteiger partial charge in [-0.05, 0) is 50.3 Å². The molecule has 1 saturated carbocycles. The molecule has 1 aliphatic rings. The van der Waals surface area contributed by atoms with Crippen molar-refractivity contribution in [3.8, 4) is 5.75 Å². The normalized spacial score (nSPS) is 26.1. The van der Waals surface area contributed by atoms with Crippen LogP contribution in [0.1, 0.15) is 45.6 Å². The fourth-order valence-corrected chi connectivity index (χ4v) is 3.13. The molecule has 0 amide bonds. The van der Waals surface area contributed by atoms with Crippen molar-refractivity contribution < 1.29 is 4.74 Å². The summed E-state index contributed by atoms with van der Waals surface area (Å²) < 4.78 is 6.25. The third-order valence-corrected chi connectivity index (χ3v) is 4.26. The zero-order valence-corrected chi connectivity index (χ0v) is 12.7. The van der Waals surface area contributed by atoms with Crippen LogP contribution in [0.15, 0.2) is 24.3 Å². The Balaban J connectivity index is 2.10. The van der Waals surface area contributed by atoms with Crippen LogP contribution in [0.3, 0.4) is 0 Å². The molecule has 1 N–H and O–H groups in total. The molecule has 1 aromatic rings. The second kappa shape index (κ2) is 5.96. The Labute approximate surface area is 117 Å². The van der Waals surface area contributed by atoms with Gasteiger partial charge in [0.25, 0.3) is 0 Å². The first-order valence-corrected chi connectivity index (χ1v) is 7.49. The number of hydrogen-bond acceptors (Lipinski definition) is 2. The van der Waals surface area contributed by atoms with Gasteiger partial charge >= 0.3 is 0 Å². The van der Waals surface area contributed by atoms with Crippen LogP contribution >= 0.6 is 0 Å². The molecule has 106 valence electrons. The van der Waals surface area contributed by atoms with Crippen LogP contribution in [-0.4, -0.2) is 18.7 Å². The van der Waals surface area contributed by atoms with Gasteiger partial charge in [-0.3, -0.25) is 0 Å². The molecule has 0 aliphatic heterocycles. The SMILES string of the molecule is CCNC1C(Oc2ccc(C)cc2)CCCC1(C)C. The maximum atomic E-state index is 6.25. The summed E-state index contributed by atoms with van der Waals surface area (Å²) in [5.41, 5.74) is 1.59. The van der Waals surface area contributed by atoms with Gasteiger partial charge < -0.3 is 10.1 Å². The predicted octanol–water partition coefficient (Wildman–Crippen LogP) is 3.93. The first-order valence-electron chi connectivity index (χ1n) is 7.49. The molecule has 0 heterocycles. The van der Waals surface area contributed by atoms with Gasteiger partial charge in [-0.25, -0.2) is 0 Å². The van der Waals surface area contributed by atoms with E-state index in [4.69, 9.17) is 4.74 Å². The van der Waals surface area contributed by atoms with Gasteiger partial charge in [-0.2, -0.15) is 0 Å². The molecule has 0 radical (unpaired) electrons. The van der Waals surface area contributed by atoms with Gasteiger partial charge in [0.2, 0.25) is 0 Å². The van der Waals surface area contributed by atoms with Gasteiger partial charge in [-0.15, -0.1) is 0 Å². The van der Waals surface area contributed by atoms with Crippen molar-refractivity contribution in [1.29, 1.82) is 0 Å². The van der Waals surface area contributed by atoms with Crippen LogP contribution in [-0.2, 0) is 0 Å². The number of rotatable bonds is 4. The average molecular weight is 261 g/mol. The van der Waals surface area contributed by atoms with E-state index in [0.29, 0.717) is 11.5 Å². The summed E-state index contributed by atoms with van der Waals surface area (Å²) in [6.07, 6.45) is 3.96. The van der Waals surface area contributed by atoms with E-state index in [2.05, 4.69) is 57.3 Å². The Morgan fingerprint density at radius 3 is 2.58 bits per heavy atom. The molecule has 1 aromatic carbocycles. The van der Waals surface area contributed by atoms with Crippen LogP contribution in [0.4, 0.5) is 0 Å². The van der Waals surface area contributed by atoms with E-state index in [1.807, 2.05) is 0 Å². The number of nitrogens with one attached hydrogen (secondary N) is 1. The predicted molar refractivity (Wildman–Crippen MR) is 80.7 cm³/mol. The molecule has 0 spiro atoms. The summed E-state index contributed by atoms with van der Waals surface area (Å²) in [7, 11) is 0. The van der Waals surface area contributed by atoms with E-state index in [9.17, 15) is 0 Å². The Morgan fingerprint density at radius 1 is 1.26 bits per heavy atom. The summed E-state index contributed by atoms with van der Waals surface area (Å²) >= 11 is 0. The third kappa shape index (κ3) is 3.50. The molecule has 1 fully saturated rings. The van der Waals surface area contributed by atoms with Gasteiger partial charge in [0.1, 0.15) is 11.9 Å². The lowest BCUT2D eigenvalue weighted by atomic mass is 9.71. The lowest BCUT2D eigenvalue weighted by molar-refractivity contribution is 0.0372. The molecule has 2 unspecified atom stereocenters. The lowest BCUT2D eigenvalue weighted by Gasteiger charge is -2.44. The molecule has 19 heavy (non-hydrogen) atoms. The average Bonchev–Trinajstić information content (AvgIpc) is 2.36. The fourth-order valence-electron chi connectivity index (χ4n) is 3.13. The molecule has 2 nitrogen and oxygen atoms in total. The molecule has 2 rings (SSSR count). The molecular formula is C17H27NO. The summed E-state index contributed by atoms with van der Waals surface area (Å²) in [5, 5.41) is 3.63. The number of likely N-dealkylation sites (N-methyl/N-ethyl adjacent to an activating group) is 1. The van der Waals surface area contributed by atoms with Crippen LogP contribution < -0.4 is 10.1 Å². The van der Waals surface area contributed by atoms with E-state index in [-0.39, 0.29) is 6.10 Å². The highest BCUT2D eigenvalue weighted by molar-refractivity contribution is 5.26. The van der Waals surface area contributed by atoms with E-state index in [1.54, 1.807) is 0 Å². The molecule has 2 heteroatoms. The fraction of sp³-hybridized carbons (Fsp3) is 0.647. The van der Waals surface area contributed by atoms with Crippen molar-refractivity contribution in [3.63, 3.8) is 0 Å². The quantitative estimate of drug-likeness (QED) is 0.886. The van der Waals surface area contributed by atoms with Gasteiger partial charge in [-0.1, -0.05) is 38.5 Å². The minimum atomic E-state index is 0.284. The smallest absolute Gasteiger partial charge is 0.119 e. The van der Waals surface area contributed by atoms with E-state index in [1.165, 1.54) is 18.4 Å². The molecule has 2 atom stereocenters. The van der Waals surface area contributed by atoms with Crippen LogP contribution in [0, 0.1) is 12.3 Å². The maximum absolute atomic E-state index is 6.25. The minimum Gasteiger partial charge on any atom is -0.489 e. The molecule has 0 saturated heterocycles. The summed E-state index contributed by atoms with van der Waals surface area (Å²) in [6, 6.07) is 8.84. The number of aryl methyl sites for hydroxylation is 1. The topological polar surface area (TPSA) is 21.3 Å². The van der Waals surface area contributed by atoms with Gasteiger partial charge in [0, 0.05) is 6.04 Å². The number of ether oxygens (including phenoxy) is 1. The minimum absolute atomic E-state index is 0.284. The number of benzene rings is 1. The Hall–Kier alpha value is -1.02. The van der Waals surface area contributed by atoms with Crippen molar-refractivity contribution in [2.75, 3.05) is 6.54 Å². The van der Waals surface area contributed by atoms with Gasteiger partial charge in [0.05, 0.1) is 0 Å². The summed E-state index contributed by atoms with van der Waals surface area (Å²) in [6.45, 7) is 9.99. The van der Waals surface area contributed by atoms with Crippen molar-refractivity contribution in [1.82, 2.24) is 5.32 Å². The van der Waals surface area contributed by atoms with E-state index in [0.717, 1.165) is 18.7 Å². The summed E-state index contributed by atoms with van der Waals surface area (Å²) in [4.78, 5) is 0. The van der Waals surface area contributed by atoms with Crippen molar-refractivity contribution >= 4 is 0 Å². The highest BCUT2D eigenvalue weighted by atomic mass is 16.5. The third-order valence-electron chi connectivity index (χ3n) is 4.26. The standard InChI is InChI=1S/C17H27NO/c1-5-18-16-15(7-6-12-17(16,3)4)19-14-10-8-13(2)9-11-14/h8-11,15-16,18H,5-7,12H2,1-4H3. The molecule has 0 bridgehead atoms.